The first-order valence-corrected chi connectivity index (χ1v) is 6.66. The summed E-state index contributed by atoms with van der Waals surface area (Å²) in [6.45, 7) is 4.79. The van der Waals surface area contributed by atoms with E-state index in [2.05, 4.69) is 10.3 Å². The number of pyridine rings is 1. The van der Waals surface area contributed by atoms with Gasteiger partial charge in [-0.05, 0) is 25.5 Å². The first-order chi connectivity index (χ1) is 9.67. The molecule has 0 aliphatic rings. The van der Waals surface area contributed by atoms with Crippen molar-refractivity contribution >= 4 is 22.6 Å². The molecule has 106 valence electrons. The maximum absolute atomic E-state index is 13.2. The van der Waals surface area contributed by atoms with Gasteiger partial charge in [0.25, 0.3) is 0 Å². The molecule has 0 saturated carbocycles. The second-order valence-electron chi connectivity index (χ2n) is 4.36. The summed E-state index contributed by atoms with van der Waals surface area (Å²) in [6, 6.07) is 4.33. The number of rotatable bonds is 5. The third-order valence-electron chi connectivity index (χ3n) is 2.88. The van der Waals surface area contributed by atoms with Crippen molar-refractivity contribution < 1.29 is 13.9 Å². The topological polar surface area (TPSA) is 51.2 Å². The lowest BCUT2D eigenvalue weighted by Crippen LogP contribution is -2.11. The van der Waals surface area contributed by atoms with Gasteiger partial charge in [-0.3, -0.25) is 4.98 Å². The molecule has 0 saturated heterocycles. The highest BCUT2D eigenvalue weighted by molar-refractivity contribution is 6.04. The fourth-order valence-electron chi connectivity index (χ4n) is 1.97. The minimum Gasteiger partial charge on any atom is -0.462 e. The number of anilines is 1. The van der Waals surface area contributed by atoms with Gasteiger partial charge in [0.2, 0.25) is 0 Å². The molecule has 20 heavy (non-hydrogen) atoms. The molecule has 1 heterocycles. The van der Waals surface area contributed by atoms with Crippen molar-refractivity contribution in [3.63, 3.8) is 0 Å². The molecule has 0 unspecified atom stereocenters. The Morgan fingerprint density at radius 3 is 2.90 bits per heavy atom. The van der Waals surface area contributed by atoms with Gasteiger partial charge in [-0.1, -0.05) is 6.92 Å². The van der Waals surface area contributed by atoms with Crippen molar-refractivity contribution in [3.05, 3.63) is 35.8 Å². The van der Waals surface area contributed by atoms with E-state index in [1.54, 1.807) is 13.0 Å². The number of nitrogens with zero attached hydrogens (tertiary/aromatic N) is 1. The van der Waals surface area contributed by atoms with Crippen LogP contribution in [0.15, 0.2) is 24.4 Å². The van der Waals surface area contributed by atoms with Crippen LogP contribution in [0.4, 0.5) is 10.1 Å². The Labute approximate surface area is 117 Å². The summed E-state index contributed by atoms with van der Waals surface area (Å²) in [5, 5.41) is 3.91. The number of fused-ring (bicyclic) bond motifs is 1. The van der Waals surface area contributed by atoms with E-state index in [-0.39, 0.29) is 5.82 Å². The molecular formula is C15H17FN2O2. The van der Waals surface area contributed by atoms with Crippen molar-refractivity contribution in [2.24, 2.45) is 0 Å². The summed E-state index contributed by atoms with van der Waals surface area (Å²) in [4.78, 5) is 16.1. The molecule has 4 nitrogen and oxygen atoms in total. The Bertz CT molecular complexity index is 629. The standard InChI is InChI=1S/C15H17FN2O2/c1-3-7-17-14-11-6-5-10(16)8-13(11)18-9-12(14)15(19)20-4-2/h5-6,8-9H,3-4,7H2,1-2H3,(H,17,18). The van der Waals surface area contributed by atoms with Gasteiger partial charge in [0.05, 0.1) is 17.8 Å². The fourth-order valence-corrected chi connectivity index (χ4v) is 1.97. The first-order valence-electron chi connectivity index (χ1n) is 6.66. The van der Waals surface area contributed by atoms with E-state index in [0.29, 0.717) is 35.3 Å². The molecular weight excluding hydrogens is 259 g/mol. The molecule has 1 aromatic carbocycles. The second kappa shape index (κ2) is 6.32. The highest BCUT2D eigenvalue weighted by atomic mass is 19.1. The van der Waals surface area contributed by atoms with E-state index in [1.165, 1.54) is 18.3 Å². The molecule has 2 rings (SSSR count). The Kier molecular flexibility index (Phi) is 4.50. The van der Waals surface area contributed by atoms with Crippen LogP contribution in [0, 0.1) is 5.82 Å². The molecule has 0 spiro atoms. The Morgan fingerprint density at radius 1 is 1.40 bits per heavy atom. The van der Waals surface area contributed by atoms with Crippen LogP contribution in [0.2, 0.25) is 0 Å². The third kappa shape index (κ3) is 2.87. The zero-order valence-electron chi connectivity index (χ0n) is 11.6. The lowest BCUT2D eigenvalue weighted by atomic mass is 10.1. The normalized spacial score (nSPS) is 10.6. The number of aromatic nitrogens is 1. The fraction of sp³-hybridized carbons (Fsp3) is 0.333. The number of ether oxygens (including phenoxy) is 1. The number of nitrogens with one attached hydrogen (secondary N) is 1. The van der Waals surface area contributed by atoms with Crippen LogP contribution in [0.1, 0.15) is 30.6 Å². The van der Waals surface area contributed by atoms with E-state index >= 15 is 0 Å². The summed E-state index contributed by atoms with van der Waals surface area (Å²) in [5.41, 5.74) is 1.53. The summed E-state index contributed by atoms with van der Waals surface area (Å²) in [7, 11) is 0. The van der Waals surface area contributed by atoms with E-state index in [4.69, 9.17) is 4.74 Å². The summed E-state index contributed by atoms with van der Waals surface area (Å²) in [5.74, 6) is -0.778. The minimum absolute atomic E-state index is 0.299. The maximum Gasteiger partial charge on any atom is 0.341 e. The summed E-state index contributed by atoms with van der Waals surface area (Å²) >= 11 is 0. The van der Waals surface area contributed by atoms with Crippen molar-refractivity contribution in [1.82, 2.24) is 4.98 Å². The molecule has 0 bridgehead atoms. The predicted octanol–water partition coefficient (Wildman–Crippen LogP) is 3.37. The SMILES string of the molecule is CCCNc1c(C(=O)OCC)cnc2cc(F)ccc12. The van der Waals surface area contributed by atoms with E-state index in [9.17, 15) is 9.18 Å². The number of esters is 1. The minimum atomic E-state index is -0.426. The Balaban J connectivity index is 2.56. The molecule has 0 fully saturated rings. The number of benzene rings is 1. The number of carbonyl (C=O) groups excluding carboxylic acids is 1. The van der Waals surface area contributed by atoms with Crippen LogP contribution in [0.5, 0.6) is 0 Å². The lowest BCUT2D eigenvalue weighted by Gasteiger charge is -2.13. The quantitative estimate of drug-likeness (QED) is 0.851. The highest BCUT2D eigenvalue weighted by Crippen LogP contribution is 2.27. The Morgan fingerprint density at radius 2 is 2.20 bits per heavy atom. The zero-order valence-corrected chi connectivity index (χ0v) is 11.6. The van der Waals surface area contributed by atoms with Crippen molar-refractivity contribution in [3.8, 4) is 0 Å². The van der Waals surface area contributed by atoms with Gasteiger partial charge < -0.3 is 10.1 Å². The van der Waals surface area contributed by atoms with E-state index in [1.807, 2.05) is 6.92 Å². The summed E-state index contributed by atoms with van der Waals surface area (Å²) < 4.78 is 18.3. The van der Waals surface area contributed by atoms with Crippen LogP contribution in [-0.2, 0) is 4.74 Å². The van der Waals surface area contributed by atoms with Crippen LogP contribution >= 0.6 is 0 Å². The van der Waals surface area contributed by atoms with Crippen LogP contribution < -0.4 is 5.32 Å². The molecule has 1 N–H and O–H groups in total. The number of hydrogen-bond acceptors (Lipinski definition) is 4. The predicted molar refractivity (Wildman–Crippen MR) is 76.4 cm³/mol. The van der Waals surface area contributed by atoms with Gasteiger partial charge in [-0.15, -0.1) is 0 Å². The molecule has 0 atom stereocenters. The zero-order chi connectivity index (χ0) is 14.5. The average Bonchev–Trinajstić information content (AvgIpc) is 2.44. The van der Waals surface area contributed by atoms with Gasteiger partial charge in [-0.25, -0.2) is 9.18 Å². The largest absolute Gasteiger partial charge is 0.462 e. The first kappa shape index (κ1) is 14.2. The van der Waals surface area contributed by atoms with Crippen molar-refractivity contribution in [1.29, 1.82) is 0 Å². The van der Waals surface area contributed by atoms with Crippen molar-refractivity contribution in [2.45, 2.75) is 20.3 Å². The van der Waals surface area contributed by atoms with Crippen LogP contribution in [-0.4, -0.2) is 24.1 Å². The molecule has 0 aliphatic heterocycles. The average molecular weight is 276 g/mol. The Hall–Kier alpha value is -2.17. The van der Waals surface area contributed by atoms with Gasteiger partial charge in [0.1, 0.15) is 11.4 Å². The van der Waals surface area contributed by atoms with Crippen molar-refractivity contribution in [2.75, 3.05) is 18.5 Å². The molecule has 0 aliphatic carbocycles. The number of hydrogen-bond donors (Lipinski definition) is 1. The number of carbonyl (C=O) groups is 1. The maximum atomic E-state index is 13.2. The second-order valence-corrected chi connectivity index (χ2v) is 4.36. The van der Waals surface area contributed by atoms with Crippen LogP contribution in [0.3, 0.4) is 0 Å². The lowest BCUT2D eigenvalue weighted by molar-refractivity contribution is 0.0527. The number of halogens is 1. The highest BCUT2D eigenvalue weighted by Gasteiger charge is 2.16. The van der Waals surface area contributed by atoms with Gasteiger partial charge in [-0.2, -0.15) is 0 Å². The van der Waals surface area contributed by atoms with Gasteiger partial charge in [0.15, 0.2) is 0 Å². The summed E-state index contributed by atoms with van der Waals surface area (Å²) in [6.07, 6.45) is 2.34. The monoisotopic (exact) mass is 276 g/mol. The van der Waals surface area contributed by atoms with E-state index in [0.717, 1.165) is 6.42 Å². The smallest absolute Gasteiger partial charge is 0.341 e. The molecule has 0 amide bonds. The molecule has 1 aromatic heterocycles. The molecule has 5 heteroatoms. The van der Waals surface area contributed by atoms with Gasteiger partial charge in [0, 0.05) is 24.2 Å². The third-order valence-corrected chi connectivity index (χ3v) is 2.88. The molecule has 0 radical (unpaired) electrons. The van der Waals surface area contributed by atoms with E-state index < -0.39 is 5.97 Å². The van der Waals surface area contributed by atoms with Crippen LogP contribution in [0.25, 0.3) is 10.9 Å². The van der Waals surface area contributed by atoms with Gasteiger partial charge >= 0.3 is 5.97 Å². The molecule has 2 aromatic rings.